The lowest BCUT2D eigenvalue weighted by Gasteiger charge is -2.31. The Labute approximate surface area is 128 Å². The van der Waals surface area contributed by atoms with E-state index in [1.165, 1.54) is 25.7 Å². The predicted octanol–water partition coefficient (Wildman–Crippen LogP) is 3.78. The number of hydrogen-bond acceptors (Lipinski definition) is 2. The highest BCUT2D eigenvalue weighted by Gasteiger charge is 2.36. The number of ketones is 1. The topological polar surface area (TPSA) is 46.2 Å². The van der Waals surface area contributed by atoms with Crippen LogP contribution in [0.5, 0.6) is 0 Å². The molecule has 1 atom stereocenters. The summed E-state index contributed by atoms with van der Waals surface area (Å²) >= 11 is 0. The van der Waals surface area contributed by atoms with Crippen LogP contribution >= 0.6 is 0 Å². The normalized spacial score (nSPS) is 22.5. The maximum Gasteiger partial charge on any atom is 0.231 e. The Morgan fingerprint density at radius 3 is 2.00 bits per heavy atom. The van der Waals surface area contributed by atoms with Crippen molar-refractivity contribution >= 4 is 11.7 Å². The van der Waals surface area contributed by atoms with E-state index < -0.39 is 5.92 Å². The van der Waals surface area contributed by atoms with Gasteiger partial charge in [0.2, 0.25) is 5.91 Å². The van der Waals surface area contributed by atoms with E-state index in [0.29, 0.717) is 5.57 Å². The lowest BCUT2D eigenvalue weighted by Crippen LogP contribution is -2.45. The van der Waals surface area contributed by atoms with Crippen molar-refractivity contribution in [1.29, 1.82) is 0 Å². The fourth-order valence-corrected chi connectivity index (χ4v) is 3.82. The van der Waals surface area contributed by atoms with Gasteiger partial charge in [-0.15, -0.1) is 0 Å². The highest BCUT2D eigenvalue weighted by atomic mass is 16.2. The van der Waals surface area contributed by atoms with Gasteiger partial charge in [0.1, 0.15) is 5.92 Å². The van der Waals surface area contributed by atoms with Crippen LogP contribution in [0, 0.1) is 11.8 Å². The molecule has 1 N–H and O–H groups in total. The Balaban J connectivity index is 2.03. The van der Waals surface area contributed by atoms with Crippen LogP contribution in [0.3, 0.4) is 0 Å². The molecule has 1 amide bonds. The zero-order valence-corrected chi connectivity index (χ0v) is 13.3. The summed E-state index contributed by atoms with van der Waals surface area (Å²) in [5.41, 5.74) is 0.518. The second-order valence-electron chi connectivity index (χ2n) is 6.86. The van der Waals surface area contributed by atoms with E-state index in [1.54, 1.807) is 6.92 Å². The standard InChI is InChI=1S/C18H29NO2/c1-13(2)17(20)16(14-9-5-3-6-10-14)18(21)19-15-11-7-4-8-12-15/h14-16H,1,3-12H2,2H3,(H,19,21). The van der Waals surface area contributed by atoms with Crippen molar-refractivity contribution in [2.75, 3.05) is 0 Å². The third kappa shape index (κ3) is 4.42. The molecule has 0 saturated heterocycles. The highest BCUT2D eigenvalue weighted by Crippen LogP contribution is 2.32. The minimum absolute atomic E-state index is 0.0400. The second kappa shape index (κ2) is 7.77. The van der Waals surface area contributed by atoms with Gasteiger partial charge in [0.05, 0.1) is 0 Å². The molecule has 118 valence electrons. The van der Waals surface area contributed by atoms with Crippen molar-refractivity contribution in [3.63, 3.8) is 0 Å². The second-order valence-corrected chi connectivity index (χ2v) is 6.86. The van der Waals surface area contributed by atoms with Gasteiger partial charge >= 0.3 is 0 Å². The summed E-state index contributed by atoms with van der Waals surface area (Å²) in [6.45, 7) is 5.50. The zero-order valence-electron chi connectivity index (χ0n) is 13.3. The maximum atomic E-state index is 12.7. The van der Waals surface area contributed by atoms with E-state index in [1.807, 2.05) is 0 Å². The summed E-state index contributed by atoms with van der Waals surface area (Å²) in [5.74, 6) is -0.367. The minimum Gasteiger partial charge on any atom is -0.353 e. The Morgan fingerprint density at radius 1 is 0.952 bits per heavy atom. The van der Waals surface area contributed by atoms with Gasteiger partial charge in [-0.2, -0.15) is 0 Å². The lowest BCUT2D eigenvalue weighted by molar-refractivity contribution is -0.135. The highest BCUT2D eigenvalue weighted by molar-refractivity contribution is 6.09. The summed E-state index contributed by atoms with van der Waals surface area (Å²) < 4.78 is 0. The minimum atomic E-state index is -0.496. The molecule has 2 aliphatic rings. The van der Waals surface area contributed by atoms with Gasteiger partial charge in [-0.1, -0.05) is 45.1 Å². The van der Waals surface area contributed by atoms with Crippen LogP contribution in [-0.2, 0) is 9.59 Å². The molecule has 2 rings (SSSR count). The quantitative estimate of drug-likeness (QED) is 0.619. The van der Waals surface area contributed by atoms with Gasteiger partial charge in [0, 0.05) is 6.04 Å². The van der Waals surface area contributed by atoms with Crippen molar-refractivity contribution in [2.45, 2.75) is 77.2 Å². The number of carbonyl (C=O) groups excluding carboxylic acids is 2. The van der Waals surface area contributed by atoms with E-state index >= 15 is 0 Å². The molecule has 3 heteroatoms. The summed E-state index contributed by atoms with van der Waals surface area (Å²) in [7, 11) is 0. The summed E-state index contributed by atoms with van der Waals surface area (Å²) in [4.78, 5) is 25.1. The van der Waals surface area contributed by atoms with Gasteiger partial charge in [-0.25, -0.2) is 0 Å². The first-order chi connectivity index (χ1) is 10.1. The fourth-order valence-electron chi connectivity index (χ4n) is 3.82. The van der Waals surface area contributed by atoms with Gasteiger partial charge in [-0.05, 0) is 44.1 Å². The molecule has 0 radical (unpaired) electrons. The van der Waals surface area contributed by atoms with Crippen molar-refractivity contribution in [2.24, 2.45) is 11.8 Å². The molecule has 0 aromatic rings. The molecule has 0 heterocycles. The van der Waals surface area contributed by atoms with E-state index in [-0.39, 0.29) is 23.7 Å². The number of nitrogens with one attached hydrogen (secondary N) is 1. The molecule has 0 aromatic heterocycles. The van der Waals surface area contributed by atoms with Crippen molar-refractivity contribution in [3.05, 3.63) is 12.2 Å². The van der Waals surface area contributed by atoms with E-state index in [9.17, 15) is 9.59 Å². The van der Waals surface area contributed by atoms with Gasteiger partial charge in [0.15, 0.2) is 5.78 Å². The molecule has 2 saturated carbocycles. The van der Waals surface area contributed by atoms with Crippen LogP contribution in [0.1, 0.15) is 71.1 Å². The molecule has 3 nitrogen and oxygen atoms in total. The van der Waals surface area contributed by atoms with Crippen LogP contribution < -0.4 is 5.32 Å². The number of amides is 1. The zero-order chi connectivity index (χ0) is 15.2. The Morgan fingerprint density at radius 2 is 1.48 bits per heavy atom. The maximum absolute atomic E-state index is 12.7. The van der Waals surface area contributed by atoms with Gasteiger partial charge < -0.3 is 5.32 Å². The largest absolute Gasteiger partial charge is 0.353 e. The van der Waals surface area contributed by atoms with Crippen molar-refractivity contribution in [3.8, 4) is 0 Å². The number of carbonyl (C=O) groups is 2. The smallest absolute Gasteiger partial charge is 0.231 e. The molecular weight excluding hydrogens is 262 g/mol. The molecule has 21 heavy (non-hydrogen) atoms. The molecular formula is C18H29NO2. The third-order valence-corrected chi connectivity index (χ3v) is 5.06. The molecule has 0 bridgehead atoms. The predicted molar refractivity (Wildman–Crippen MR) is 84.9 cm³/mol. The number of Topliss-reactive ketones (excluding diaryl/α,β-unsaturated/α-hetero) is 1. The summed E-state index contributed by atoms with van der Waals surface area (Å²) in [5, 5.41) is 3.15. The first-order valence-corrected chi connectivity index (χ1v) is 8.59. The Hall–Kier alpha value is -1.12. The average molecular weight is 291 g/mol. The SMILES string of the molecule is C=C(C)C(=O)C(C(=O)NC1CCCCC1)C1CCCCC1. The Bertz CT molecular complexity index is 390. The van der Waals surface area contributed by atoms with E-state index in [2.05, 4.69) is 11.9 Å². The number of hydrogen-bond donors (Lipinski definition) is 1. The van der Waals surface area contributed by atoms with Crippen molar-refractivity contribution in [1.82, 2.24) is 5.32 Å². The first kappa shape index (κ1) is 16.3. The molecule has 0 aliphatic heterocycles. The van der Waals surface area contributed by atoms with E-state index in [4.69, 9.17) is 0 Å². The molecule has 0 aromatic carbocycles. The summed E-state index contributed by atoms with van der Waals surface area (Å²) in [6.07, 6.45) is 11.3. The lowest BCUT2D eigenvalue weighted by atomic mass is 9.76. The molecule has 0 spiro atoms. The van der Waals surface area contributed by atoms with Crippen LogP contribution in [0.25, 0.3) is 0 Å². The Kier molecular flexibility index (Phi) is 6.01. The summed E-state index contributed by atoms with van der Waals surface area (Å²) in [6, 6.07) is 0.273. The van der Waals surface area contributed by atoms with E-state index in [0.717, 1.165) is 38.5 Å². The number of rotatable bonds is 5. The van der Waals surface area contributed by atoms with Crippen LogP contribution in [0.15, 0.2) is 12.2 Å². The molecule has 2 fully saturated rings. The van der Waals surface area contributed by atoms with Gasteiger partial charge in [0.25, 0.3) is 0 Å². The van der Waals surface area contributed by atoms with Crippen LogP contribution in [0.2, 0.25) is 0 Å². The average Bonchev–Trinajstić information content (AvgIpc) is 2.49. The third-order valence-electron chi connectivity index (χ3n) is 5.06. The van der Waals surface area contributed by atoms with Crippen LogP contribution in [0.4, 0.5) is 0 Å². The van der Waals surface area contributed by atoms with Crippen LogP contribution in [-0.4, -0.2) is 17.7 Å². The molecule has 2 aliphatic carbocycles. The monoisotopic (exact) mass is 291 g/mol. The number of allylic oxidation sites excluding steroid dienone is 1. The van der Waals surface area contributed by atoms with Gasteiger partial charge in [-0.3, -0.25) is 9.59 Å². The fraction of sp³-hybridized carbons (Fsp3) is 0.778. The first-order valence-electron chi connectivity index (χ1n) is 8.59. The van der Waals surface area contributed by atoms with Crippen molar-refractivity contribution < 1.29 is 9.59 Å². The molecule has 1 unspecified atom stereocenters.